The molecule has 0 spiro atoms. The quantitative estimate of drug-likeness (QED) is 0.928. The van der Waals surface area contributed by atoms with Crippen LogP contribution >= 0.6 is 0 Å². The Labute approximate surface area is 131 Å². The molecule has 0 unspecified atom stereocenters. The SMILES string of the molecule is COc1cc(NC(=O)N2CCCCCC2)cc(OC)c1OC. The number of benzene rings is 1. The number of likely N-dealkylation sites (tertiary alicyclic amines) is 1. The van der Waals surface area contributed by atoms with Crippen molar-refractivity contribution in [3.63, 3.8) is 0 Å². The van der Waals surface area contributed by atoms with Crippen molar-refractivity contribution in [3.05, 3.63) is 12.1 Å². The highest BCUT2D eigenvalue weighted by atomic mass is 16.5. The number of carbonyl (C=O) groups is 1. The molecule has 0 saturated carbocycles. The standard InChI is InChI=1S/C16H24N2O4/c1-20-13-10-12(11-14(21-2)15(13)22-3)17-16(19)18-8-6-4-5-7-9-18/h10-11H,4-9H2,1-3H3,(H,17,19). The number of carbonyl (C=O) groups excluding carboxylic acids is 1. The van der Waals surface area contributed by atoms with E-state index in [-0.39, 0.29) is 6.03 Å². The van der Waals surface area contributed by atoms with E-state index in [1.54, 1.807) is 33.5 Å². The third-order valence-corrected chi connectivity index (χ3v) is 3.81. The van der Waals surface area contributed by atoms with Crippen LogP contribution in [-0.4, -0.2) is 45.3 Å². The van der Waals surface area contributed by atoms with Crippen LogP contribution < -0.4 is 19.5 Å². The highest BCUT2D eigenvalue weighted by molar-refractivity contribution is 5.90. The molecule has 1 aliphatic rings. The van der Waals surface area contributed by atoms with Gasteiger partial charge in [-0.3, -0.25) is 0 Å². The molecule has 2 amide bonds. The first kappa shape index (κ1) is 16.3. The van der Waals surface area contributed by atoms with Gasteiger partial charge in [0, 0.05) is 25.2 Å². The molecule has 22 heavy (non-hydrogen) atoms. The van der Waals surface area contributed by atoms with E-state index in [1.807, 2.05) is 4.90 Å². The summed E-state index contributed by atoms with van der Waals surface area (Å²) in [6.45, 7) is 1.60. The zero-order chi connectivity index (χ0) is 15.9. The van der Waals surface area contributed by atoms with Crippen LogP contribution in [0.3, 0.4) is 0 Å². The third-order valence-electron chi connectivity index (χ3n) is 3.81. The zero-order valence-electron chi connectivity index (χ0n) is 13.5. The van der Waals surface area contributed by atoms with E-state index in [2.05, 4.69) is 5.32 Å². The smallest absolute Gasteiger partial charge is 0.321 e. The van der Waals surface area contributed by atoms with Crippen LogP contribution in [0.2, 0.25) is 0 Å². The number of nitrogens with one attached hydrogen (secondary N) is 1. The van der Waals surface area contributed by atoms with Crippen LogP contribution in [0.25, 0.3) is 0 Å². The van der Waals surface area contributed by atoms with Gasteiger partial charge >= 0.3 is 6.03 Å². The van der Waals surface area contributed by atoms with Gasteiger partial charge in [0.05, 0.1) is 27.0 Å². The van der Waals surface area contributed by atoms with Gasteiger partial charge in [0.1, 0.15) is 0 Å². The first-order valence-corrected chi connectivity index (χ1v) is 7.55. The van der Waals surface area contributed by atoms with Gasteiger partial charge in [0.15, 0.2) is 11.5 Å². The largest absolute Gasteiger partial charge is 0.493 e. The molecule has 0 bridgehead atoms. The van der Waals surface area contributed by atoms with Gasteiger partial charge < -0.3 is 24.4 Å². The maximum atomic E-state index is 12.4. The molecule has 1 heterocycles. The second kappa shape index (κ2) is 7.77. The Morgan fingerprint density at radius 1 is 0.955 bits per heavy atom. The molecule has 1 N–H and O–H groups in total. The molecule has 0 aliphatic carbocycles. The third kappa shape index (κ3) is 3.75. The fourth-order valence-electron chi connectivity index (χ4n) is 2.63. The Morgan fingerprint density at radius 3 is 1.95 bits per heavy atom. The minimum atomic E-state index is -0.0869. The number of nitrogens with zero attached hydrogens (tertiary/aromatic N) is 1. The maximum Gasteiger partial charge on any atom is 0.321 e. The number of ether oxygens (including phenoxy) is 3. The highest BCUT2D eigenvalue weighted by Gasteiger charge is 2.18. The Kier molecular flexibility index (Phi) is 5.75. The van der Waals surface area contributed by atoms with Gasteiger partial charge in [-0.15, -0.1) is 0 Å². The van der Waals surface area contributed by atoms with Crippen LogP contribution in [0.5, 0.6) is 17.2 Å². The second-order valence-corrected chi connectivity index (χ2v) is 5.25. The molecule has 1 fully saturated rings. The van der Waals surface area contributed by atoms with E-state index >= 15 is 0 Å². The second-order valence-electron chi connectivity index (χ2n) is 5.25. The zero-order valence-corrected chi connectivity index (χ0v) is 13.5. The normalized spacial score (nSPS) is 15.0. The number of urea groups is 1. The van der Waals surface area contributed by atoms with E-state index < -0.39 is 0 Å². The molecule has 0 atom stereocenters. The molecule has 0 radical (unpaired) electrons. The molecule has 2 rings (SSSR count). The van der Waals surface area contributed by atoms with E-state index in [0.29, 0.717) is 22.9 Å². The number of methoxy groups -OCH3 is 3. The lowest BCUT2D eigenvalue weighted by atomic mass is 10.2. The van der Waals surface area contributed by atoms with Crippen molar-refractivity contribution >= 4 is 11.7 Å². The highest BCUT2D eigenvalue weighted by Crippen LogP contribution is 2.39. The average molecular weight is 308 g/mol. The van der Waals surface area contributed by atoms with Gasteiger partial charge in [-0.05, 0) is 12.8 Å². The Hall–Kier alpha value is -2.11. The van der Waals surface area contributed by atoms with E-state index in [0.717, 1.165) is 25.9 Å². The van der Waals surface area contributed by atoms with Gasteiger partial charge in [-0.1, -0.05) is 12.8 Å². The molecular weight excluding hydrogens is 284 g/mol. The number of anilines is 1. The number of hydrogen-bond donors (Lipinski definition) is 1. The predicted octanol–water partition coefficient (Wildman–Crippen LogP) is 3.12. The molecule has 0 aromatic heterocycles. The van der Waals surface area contributed by atoms with Crippen LogP contribution in [0.15, 0.2) is 12.1 Å². The predicted molar refractivity (Wildman–Crippen MR) is 85.2 cm³/mol. The van der Waals surface area contributed by atoms with E-state index in [4.69, 9.17) is 14.2 Å². The molecule has 6 heteroatoms. The van der Waals surface area contributed by atoms with Gasteiger partial charge in [-0.2, -0.15) is 0 Å². The fourth-order valence-corrected chi connectivity index (χ4v) is 2.63. The van der Waals surface area contributed by atoms with Crippen molar-refractivity contribution in [3.8, 4) is 17.2 Å². The summed E-state index contributed by atoms with van der Waals surface area (Å²) in [5, 5.41) is 2.91. The minimum Gasteiger partial charge on any atom is -0.493 e. The molecule has 1 saturated heterocycles. The van der Waals surface area contributed by atoms with Crippen molar-refractivity contribution < 1.29 is 19.0 Å². The van der Waals surface area contributed by atoms with Crippen molar-refractivity contribution in [2.24, 2.45) is 0 Å². The molecule has 1 aliphatic heterocycles. The van der Waals surface area contributed by atoms with Gasteiger partial charge in [0.2, 0.25) is 5.75 Å². The lowest BCUT2D eigenvalue weighted by molar-refractivity contribution is 0.213. The summed E-state index contributed by atoms with van der Waals surface area (Å²) in [5.74, 6) is 1.55. The summed E-state index contributed by atoms with van der Waals surface area (Å²) >= 11 is 0. The Bertz CT molecular complexity index is 486. The minimum absolute atomic E-state index is 0.0869. The van der Waals surface area contributed by atoms with Crippen LogP contribution in [0, 0.1) is 0 Å². The molecule has 6 nitrogen and oxygen atoms in total. The van der Waals surface area contributed by atoms with Crippen LogP contribution in [-0.2, 0) is 0 Å². The first-order chi connectivity index (χ1) is 10.7. The Morgan fingerprint density at radius 2 is 1.50 bits per heavy atom. The van der Waals surface area contributed by atoms with Gasteiger partial charge in [-0.25, -0.2) is 4.79 Å². The monoisotopic (exact) mass is 308 g/mol. The molecule has 1 aromatic carbocycles. The molecular formula is C16H24N2O4. The van der Waals surface area contributed by atoms with Crippen molar-refractivity contribution in [2.75, 3.05) is 39.7 Å². The van der Waals surface area contributed by atoms with Crippen molar-refractivity contribution in [1.29, 1.82) is 0 Å². The van der Waals surface area contributed by atoms with Gasteiger partial charge in [0.25, 0.3) is 0 Å². The van der Waals surface area contributed by atoms with E-state index in [1.165, 1.54) is 12.8 Å². The van der Waals surface area contributed by atoms with Crippen molar-refractivity contribution in [1.82, 2.24) is 4.90 Å². The molecule has 122 valence electrons. The summed E-state index contributed by atoms with van der Waals surface area (Å²) in [4.78, 5) is 14.2. The molecule has 1 aromatic rings. The summed E-state index contributed by atoms with van der Waals surface area (Å²) < 4.78 is 15.9. The van der Waals surface area contributed by atoms with Crippen LogP contribution in [0.4, 0.5) is 10.5 Å². The van der Waals surface area contributed by atoms with Crippen molar-refractivity contribution in [2.45, 2.75) is 25.7 Å². The number of rotatable bonds is 4. The lowest BCUT2D eigenvalue weighted by Gasteiger charge is -2.21. The summed E-state index contributed by atoms with van der Waals surface area (Å²) in [6, 6.07) is 3.38. The fraction of sp³-hybridized carbons (Fsp3) is 0.562. The number of amides is 2. The maximum absolute atomic E-state index is 12.4. The summed E-state index contributed by atoms with van der Waals surface area (Å²) in [5.41, 5.74) is 0.628. The Balaban J connectivity index is 2.16. The summed E-state index contributed by atoms with van der Waals surface area (Å²) in [6.07, 6.45) is 4.49. The topological polar surface area (TPSA) is 60.0 Å². The summed E-state index contributed by atoms with van der Waals surface area (Å²) in [7, 11) is 4.66. The van der Waals surface area contributed by atoms with Crippen LogP contribution in [0.1, 0.15) is 25.7 Å². The average Bonchev–Trinajstić information content (AvgIpc) is 2.83. The first-order valence-electron chi connectivity index (χ1n) is 7.55. The number of hydrogen-bond acceptors (Lipinski definition) is 4. The van der Waals surface area contributed by atoms with E-state index in [9.17, 15) is 4.79 Å². The lowest BCUT2D eigenvalue weighted by Crippen LogP contribution is -2.35.